The molecule has 90 valence electrons. The van der Waals surface area contributed by atoms with Crippen molar-refractivity contribution in [3.05, 3.63) is 62.2 Å². The van der Waals surface area contributed by atoms with Crippen LogP contribution in [0.2, 0.25) is 0 Å². The maximum Gasteiger partial charge on any atom is 0.328 e. The quantitative estimate of drug-likeness (QED) is 0.812. The van der Waals surface area contributed by atoms with E-state index < -0.39 is 5.69 Å². The molecule has 0 aliphatic heterocycles. The van der Waals surface area contributed by atoms with Crippen molar-refractivity contribution in [3.63, 3.8) is 0 Å². The fraction of sp³-hybridized carbons (Fsp3) is 0.167. The van der Waals surface area contributed by atoms with Crippen LogP contribution >= 0.6 is 0 Å². The number of nitrogens with one attached hydrogen (secondary N) is 1. The second-order valence-electron chi connectivity index (χ2n) is 3.86. The Hall–Kier alpha value is -2.68. The second-order valence-corrected chi connectivity index (χ2v) is 3.86. The van der Waals surface area contributed by atoms with Crippen LogP contribution in [0.3, 0.4) is 0 Å². The highest BCUT2D eigenvalue weighted by Crippen LogP contribution is 2.02. The molecule has 2 rings (SSSR count). The first kappa shape index (κ1) is 11.8. The fourth-order valence-electron chi connectivity index (χ4n) is 1.57. The van der Waals surface area contributed by atoms with Gasteiger partial charge in [0.05, 0.1) is 6.54 Å². The normalized spacial score (nSPS) is 10.0. The summed E-state index contributed by atoms with van der Waals surface area (Å²) in [4.78, 5) is 28.9. The third-order valence-electron chi connectivity index (χ3n) is 2.48. The Morgan fingerprint density at radius 1 is 1.50 bits per heavy atom. The molecular formula is C12H10N4O2. The molecule has 0 amide bonds. The van der Waals surface area contributed by atoms with E-state index >= 15 is 0 Å². The van der Waals surface area contributed by atoms with Crippen molar-refractivity contribution in [3.8, 4) is 6.07 Å². The Balaban J connectivity index is 2.40. The lowest BCUT2D eigenvalue weighted by Gasteiger charge is -2.05. The first-order valence-electron chi connectivity index (χ1n) is 5.25. The van der Waals surface area contributed by atoms with Gasteiger partial charge in [0, 0.05) is 18.0 Å². The zero-order valence-electron chi connectivity index (χ0n) is 9.67. The molecule has 0 aliphatic carbocycles. The Morgan fingerprint density at radius 3 is 3.00 bits per heavy atom. The Kier molecular flexibility index (Phi) is 3.06. The zero-order valence-corrected chi connectivity index (χ0v) is 9.67. The molecule has 6 nitrogen and oxygen atoms in total. The van der Waals surface area contributed by atoms with E-state index in [9.17, 15) is 9.59 Å². The van der Waals surface area contributed by atoms with Crippen molar-refractivity contribution in [1.82, 2.24) is 14.5 Å². The topological polar surface area (TPSA) is 91.5 Å². The predicted octanol–water partition coefficient (Wildman–Crippen LogP) is 0.160. The number of nitrogens with zero attached hydrogens (tertiary/aromatic N) is 3. The van der Waals surface area contributed by atoms with Crippen LogP contribution in [0.25, 0.3) is 0 Å². The molecule has 0 saturated heterocycles. The summed E-state index contributed by atoms with van der Waals surface area (Å²) in [7, 11) is 0. The van der Waals surface area contributed by atoms with E-state index in [-0.39, 0.29) is 12.1 Å². The smallest absolute Gasteiger partial charge is 0.296 e. The van der Waals surface area contributed by atoms with Crippen LogP contribution in [0.15, 0.2) is 34.1 Å². The van der Waals surface area contributed by atoms with Crippen molar-refractivity contribution in [2.75, 3.05) is 0 Å². The predicted molar refractivity (Wildman–Crippen MR) is 64.1 cm³/mol. The summed E-state index contributed by atoms with van der Waals surface area (Å²) in [5.41, 5.74) is 0.672. The molecule has 0 fully saturated rings. The van der Waals surface area contributed by atoms with Crippen LogP contribution in [-0.2, 0) is 6.54 Å². The molecule has 0 aliphatic rings. The minimum absolute atomic E-state index is 0.285. The van der Waals surface area contributed by atoms with Gasteiger partial charge in [-0.05, 0) is 24.6 Å². The summed E-state index contributed by atoms with van der Waals surface area (Å²) in [6.45, 7) is 1.91. The highest BCUT2D eigenvalue weighted by Gasteiger charge is 2.03. The maximum absolute atomic E-state index is 11.6. The number of pyridine rings is 1. The van der Waals surface area contributed by atoms with Gasteiger partial charge >= 0.3 is 5.69 Å². The van der Waals surface area contributed by atoms with E-state index in [2.05, 4.69) is 9.97 Å². The van der Waals surface area contributed by atoms with Crippen LogP contribution < -0.4 is 11.2 Å². The van der Waals surface area contributed by atoms with E-state index in [4.69, 9.17) is 5.26 Å². The molecule has 0 aromatic carbocycles. The van der Waals surface area contributed by atoms with Gasteiger partial charge in [-0.25, -0.2) is 9.78 Å². The third kappa shape index (κ3) is 2.35. The Morgan fingerprint density at radius 2 is 2.28 bits per heavy atom. The van der Waals surface area contributed by atoms with Gasteiger partial charge in [0.25, 0.3) is 5.56 Å². The maximum atomic E-state index is 11.6. The van der Waals surface area contributed by atoms with Crippen LogP contribution in [0.4, 0.5) is 0 Å². The van der Waals surface area contributed by atoms with Crippen molar-refractivity contribution in [2.45, 2.75) is 13.5 Å². The van der Waals surface area contributed by atoms with Gasteiger partial charge in [0.1, 0.15) is 11.8 Å². The average Bonchev–Trinajstić information content (AvgIpc) is 2.36. The van der Waals surface area contributed by atoms with Crippen molar-refractivity contribution in [2.24, 2.45) is 0 Å². The Bertz CT molecular complexity index is 737. The van der Waals surface area contributed by atoms with Crippen LogP contribution in [0.5, 0.6) is 0 Å². The summed E-state index contributed by atoms with van der Waals surface area (Å²) in [6, 6.07) is 5.25. The largest absolute Gasteiger partial charge is 0.328 e. The van der Waals surface area contributed by atoms with Gasteiger partial charge in [0.2, 0.25) is 0 Å². The number of hydrogen-bond acceptors (Lipinski definition) is 4. The number of nitriles is 1. The van der Waals surface area contributed by atoms with Gasteiger partial charge < -0.3 is 0 Å². The van der Waals surface area contributed by atoms with Gasteiger partial charge in [0.15, 0.2) is 0 Å². The summed E-state index contributed by atoms with van der Waals surface area (Å²) in [6.07, 6.45) is 3.01. The monoisotopic (exact) mass is 242 g/mol. The van der Waals surface area contributed by atoms with Crippen molar-refractivity contribution >= 4 is 0 Å². The summed E-state index contributed by atoms with van der Waals surface area (Å²) in [5.74, 6) is 0. The van der Waals surface area contributed by atoms with E-state index in [1.165, 1.54) is 17.0 Å². The number of aryl methyl sites for hydroxylation is 1. The third-order valence-corrected chi connectivity index (χ3v) is 2.48. The van der Waals surface area contributed by atoms with E-state index in [0.717, 1.165) is 5.56 Å². The zero-order chi connectivity index (χ0) is 13.1. The summed E-state index contributed by atoms with van der Waals surface area (Å²) in [5, 5.41) is 8.73. The lowest BCUT2D eigenvalue weighted by atomic mass is 10.2. The SMILES string of the molecule is Cc1cn(Cc2ccnc(C#N)c2)c(=O)[nH]c1=O. The molecule has 0 radical (unpaired) electrons. The van der Waals surface area contributed by atoms with E-state index in [1.807, 2.05) is 6.07 Å². The first-order valence-corrected chi connectivity index (χ1v) is 5.25. The molecule has 6 heteroatoms. The fourth-order valence-corrected chi connectivity index (χ4v) is 1.57. The molecular weight excluding hydrogens is 232 g/mol. The van der Waals surface area contributed by atoms with Gasteiger partial charge in [-0.2, -0.15) is 5.26 Å². The standard InChI is InChI=1S/C12H10N4O2/c1-8-6-16(12(18)15-11(8)17)7-9-2-3-14-10(4-9)5-13/h2-4,6H,7H2,1H3,(H,15,17,18). The molecule has 2 aromatic heterocycles. The van der Waals surface area contributed by atoms with Crippen LogP contribution in [-0.4, -0.2) is 14.5 Å². The van der Waals surface area contributed by atoms with Crippen molar-refractivity contribution in [1.29, 1.82) is 5.26 Å². The molecule has 0 saturated carbocycles. The molecule has 0 unspecified atom stereocenters. The summed E-state index contributed by atoms with van der Waals surface area (Å²) < 4.78 is 1.38. The minimum atomic E-state index is -0.471. The molecule has 2 heterocycles. The molecule has 1 N–H and O–H groups in total. The number of aromatic amines is 1. The van der Waals surface area contributed by atoms with E-state index in [0.29, 0.717) is 11.3 Å². The lowest BCUT2D eigenvalue weighted by Crippen LogP contribution is -2.31. The molecule has 0 bridgehead atoms. The minimum Gasteiger partial charge on any atom is -0.296 e. The molecule has 0 atom stereocenters. The van der Waals surface area contributed by atoms with Gasteiger partial charge in [-0.1, -0.05) is 0 Å². The second kappa shape index (κ2) is 4.67. The average molecular weight is 242 g/mol. The molecule has 0 spiro atoms. The van der Waals surface area contributed by atoms with E-state index in [1.54, 1.807) is 19.1 Å². The highest BCUT2D eigenvalue weighted by atomic mass is 16.2. The summed E-state index contributed by atoms with van der Waals surface area (Å²) >= 11 is 0. The lowest BCUT2D eigenvalue weighted by molar-refractivity contribution is 0.712. The first-order chi connectivity index (χ1) is 8.60. The van der Waals surface area contributed by atoms with Gasteiger partial charge in [-0.3, -0.25) is 14.3 Å². The number of rotatable bonds is 2. The molecule has 2 aromatic rings. The number of H-pyrrole nitrogens is 1. The number of hydrogen-bond donors (Lipinski definition) is 1. The Labute approximate surface area is 102 Å². The van der Waals surface area contributed by atoms with Crippen LogP contribution in [0, 0.1) is 18.3 Å². The highest BCUT2D eigenvalue weighted by molar-refractivity contribution is 5.25. The molecule has 18 heavy (non-hydrogen) atoms. The van der Waals surface area contributed by atoms with Gasteiger partial charge in [-0.15, -0.1) is 0 Å². The van der Waals surface area contributed by atoms with Crippen LogP contribution in [0.1, 0.15) is 16.8 Å². The van der Waals surface area contributed by atoms with Crippen molar-refractivity contribution < 1.29 is 0 Å². The number of aromatic nitrogens is 3.